The summed E-state index contributed by atoms with van der Waals surface area (Å²) in [6.07, 6.45) is 3.05. The normalized spacial score (nSPS) is 23.9. The summed E-state index contributed by atoms with van der Waals surface area (Å²) in [6, 6.07) is 0. The summed E-state index contributed by atoms with van der Waals surface area (Å²) in [7, 11) is 0. The Labute approximate surface area is 100 Å². The molecule has 6 heteroatoms. The Morgan fingerprint density at radius 2 is 2.35 bits per heavy atom. The van der Waals surface area contributed by atoms with Crippen LogP contribution in [0.25, 0.3) is 0 Å². The Kier molecular flexibility index (Phi) is 3.42. The molecule has 1 fully saturated rings. The van der Waals surface area contributed by atoms with Gasteiger partial charge in [0.2, 0.25) is 0 Å². The van der Waals surface area contributed by atoms with Crippen LogP contribution < -0.4 is 5.32 Å². The van der Waals surface area contributed by atoms with Crippen molar-refractivity contribution in [3.05, 3.63) is 11.6 Å². The Bertz CT molecular complexity index is 396. The van der Waals surface area contributed by atoms with Crippen LogP contribution >= 0.6 is 0 Å². The first-order chi connectivity index (χ1) is 8.22. The van der Waals surface area contributed by atoms with Crippen LogP contribution in [0.2, 0.25) is 0 Å². The highest BCUT2D eigenvalue weighted by molar-refractivity contribution is 5.84. The van der Waals surface area contributed by atoms with Crippen LogP contribution in [0.5, 0.6) is 0 Å². The smallest absolute Gasteiger partial charge is 0.378 e. The van der Waals surface area contributed by atoms with Gasteiger partial charge in [0.25, 0.3) is 5.82 Å². The van der Waals surface area contributed by atoms with Crippen LogP contribution in [0.15, 0.2) is 0 Å². The first-order valence-corrected chi connectivity index (χ1v) is 6.07. The molecule has 1 aliphatic rings. The van der Waals surface area contributed by atoms with Crippen LogP contribution in [0, 0.1) is 0 Å². The zero-order valence-electron chi connectivity index (χ0n) is 10.2. The number of hydrogen-bond donors (Lipinski definition) is 2. The number of H-pyrrole nitrogens is 1. The van der Waals surface area contributed by atoms with Crippen molar-refractivity contribution >= 4 is 5.97 Å². The second-order valence-electron chi connectivity index (χ2n) is 4.19. The van der Waals surface area contributed by atoms with Crippen LogP contribution in [0.4, 0.5) is 0 Å². The fourth-order valence-electron chi connectivity index (χ4n) is 2.24. The number of aromatic nitrogens is 3. The molecule has 1 aromatic heterocycles. The zero-order chi connectivity index (χ0) is 12.3. The van der Waals surface area contributed by atoms with Crippen molar-refractivity contribution < 1.29 is 9.53 Å². The lowest BCUT2D eigenvalue weighted by Crippen LogP contribution is -2.37. The highest BCUT2D eigenvalue weighted by Gasteiger charge is 2.37. The molecule has 0 spiro atoms. The van der Waals surface area contributed by atoms with Crippen LogP contribution in [-0.2, 0) is 10.3 Å². The first-order valence-electron chi connectivity index (χ1n) is 6.07. The lowest BCUT2D eigenvalue weighted by atomic mass is 9.93. The molecule has 1 aromatic rings. The Morgan fingerprint density at radius 1 is 1.53 bits per heavy atom. The van der Waals surface area contributed by atoms with Crippen molar-refractivity contribution in [3.63, 3.8) is 0 Å². The molecule has 1 unspecified atom stereocenters. The number of ether oxygens (including phenoxy) is 1. The van der Waals surface area contributed by atoms with E-state index in [0.29, 0.717) is 6.61 Å². The second kappa shape index (κ2) is 4.83. The van der Waals surface area contributed by atoms with Gasteiger partial charge in [-0.25, -0.2) is 9.78 Å². The van der Waals surface area contributed by atoms with Crippen molar-refractivity contribution in [1.82, 2.24) is 20.5 Å². The lowest BCUT2D eigenvalue weighted by molar-refractivity contribution is 0.0512. The number of carbonyl (C=O) groups excluding carboxylic acids is 1. The average Bonchev–Trinajstić information content (AvgIpc) is 2.99. The lowest BCUT2D eigenvalue weighted by Gasteiger charge is -2.24. The molecular weight excluding hydrogens is 220 g/mol. The van der Waals surface area contributed by atoms with Gasteiger partial charge in [0.15, 0.2) is 0 Å². The van der Waals surface area contributed by atoms with Crippen LogP contribution in [-0.4, -0.2) is 34.3 Å². The molecule has 2 N–H and O–H groups in total. The topological polar surface area (TPSA) is 79.9 Å². The predicted octanol–water partition coefficient (Wildman–Crippen LogP) is 0.970. The molecule has 0 radical (unpaired) electrons. The summed E-state index contributed by atoms with van der Waals surface area (Å²) < 4.78 is 4.87. The van der Waals surface area contributed by atoms with Gasteiger partial charge in [0.1, 0.15) is 5.82 Å². The van der Waals surface area contributed by atoms with E-state index in [4.69, 9.17) is 4.74 Å². The maximum Gasteiger partial charge on any atom is 0.378 e. The van der Waals surface area contributed by atoms with E-state index < -0.39 is 5.97 Å². The minimum absolute atomic E-state index is 0.114. The van der Waals surface area contributed by atoms with E-state index >= 15 is 0 Å². The van der Waals surface area contributed by atoms with Gasteiger partial charge in [-0.05, 0) is 32.7 Å². The van der Waals surface area contributed by atoms with Gasteiger partial charge < -0.3 is 10.1 Å². The van der Waals surface area contributed by atoms with E-state index in [-0.39, 0.29) is 11.4 Å². The largest absolute Gasteiger partial charge is 0.460 e. The Morgan fingerprint density at radius 3 is 2.94 bits per heavy atom. The van der Waals surface area contributed by atoms with Gasteiger partial charge in [0.05, 0.1) is 12.1 Å². The van der Waals surface area contributed by atoms with Gasteiger partial charge in [-0.3, -0.25) is 5.10 Å². The molecule has 1 aliphatic heterocycles. The number of carbonyl (C=O) groups is 1. The van der Waals surface area contributed by atoms with Gasteiger partial charge >= 0.3 is 5.97 Å². The number of rotatable bonds is 4. The maximum absolute atomic E-state index is 11.5. The summed E-state index contributed by atoms with van der Waals surface area (Å²) in [5.41, 5.74) is -0.155. The number of esters is 1. The van der Waals surface area contributed by atoms with E-state index in [2.05, 4.69) is 27.4 Å². The van der Waals surface area contributed by atoms with E-state index in [0.717, 1.165) is 31.6 Å². The molecule has 2 heterocycles. The second-order valence-corrected chi connectivity index (χ2v) is 4.19. The minimum atomic E-state index is -0.473. The molecule has 1 atom stereocenters. The third-order valence-electron chi connectivity index (χ3n) is 3.24. The Hall–Kier alpha value is -1.43. The number of hydrogen-bond acceptors (Lipinski definition) is 5. The third kappa shape index (κ3) is 2.17. The number of aromatic amines is 1. The molecule has 0 aromatic carbocycles. The van der Waals surface area contributed by atoms with Crippen molar-refractivity contribution in [2.45, 2.75) is 38.6 Å². The summed E-state index contributed by atoms with van der Waals surface area (Å²) in [5, 5.41) is 10.2. The molecule has 0 aliphatic carbocycles. The fraction of sp³-hybridized carbons (Fsp3) is 0.727. The van der Waals surface area contributed by atoms with E-state index in [1.807, 2.05) is 0 Å². The first kappa shape index (κ1) is 12.0. The highest BCUT2D eigenvalue weighted by atomic mass is 16.5. The van der Waals surface area contributed by atoms with Crippen molar-refractivity contribution in [2.24, 2.45) is 0 Å². The molecule has 6 nitrogen and oxygen atoms in total. The molecule has 94 valence electrons. The van der Waals surface area contributed by atoms with Gasteiger partial charge in [-0.2, -0.15) is 0 Å². The molecule has 0 saturated carbocycles. The van der Waals surface area contributed by atoms with Gasteiger partial charge in [-0.15, -0.1) is 5.10 Å². The number of nitrogens with zero attached hydrogens (tertiary/aromatic N) is 2. The summed E-state index contributed by atoms with van der Waals surface area (Å²) >= 11 is 0. The molecule has 0 bridgehead atoms. The average molecular weight is 238 g/mol. The van der Waals surface area contributed by atoms with E-state index in [1.165, 1.54) is 0 Å². The van der Waals surface area contributed by atoms with Crippen LogP contribution in [0.1, 0.15) is 49.6 Å². The van der Waals surface area contributed by atoms with Crippen LogP contribution in [0.3, 0.4) is 0 Å². The molecule has 2 rings (SSSR count). The third-order valence-corrected chi connectivity index (χ3v) is 3.24. The SMILES string of the molecule is CCOC(=O)c1n[nH]c(C2(CC)CCCN2)n1. The standard InChI is InChI=1S/C11H18N4O2/c1-3-11(6-5-7-12-11)10-13-8(14-15-10)9(16)17-4-2/h12H,3-7H2,1-2H3,(H,13,14,15). The maximum atomic E-state index is 11.5. The van der Waals surface area contributed by atoms with Crippen molar-refractivity contribution in [3.8, 4) is 0 Å². The quantitative estimate of drug-likeness (QED) is 0.764. The number of nitrogens with one attached hydrogen (secondary N) is 2. The van der Waals surface area contributed by atoms with Gasteiger partial charge in [-0.1, -0.05) is 6.92 Å². The van der Waals surface area contributed by atoms with Gasteiger partial charge in [0, 0.05) is 0 Å². The van der Waals surface area contributed by atoms with E-state index in [9.17, 15) is 4.79 Å². The molecule has 1 saturated heterocycles. The zero-order valence-corrected chi connectivity index (χ0v) is 10.2. The summed E-state index contributed by atoms with van der Waals surface area (Å²) in [6.45, 7) is 5.17. The predicted molar refractivity (Wildman–Crippen MR) is 61.5 cm³/mol. The molecular formula is C11H18N4O2. The monoisotopic (exact) mass is 238 g/mol. The molecule has 0 amide bonds. The fourth-order valence-corrected chi connectivity index (χ4v) is 2.24. The minimum Gasteiger partial charge on any atom is -0.460 e. The summed E-state index contributed by atoms with van der Waals surface area (Å²) in [5.74, 6) is 0.378. The highest BCUT2D eigenvalue weighted by Crippen LogP contribution is 2.31. The Balaban J connectivity index is 2.19. The van der Waals surface area contributed by atoms with Crippen molar-refractivity contribution in [1.29, 1.82) is 0 Å². The van der Waals surface area contributed by atoms with E-state index in [1.54, 1.807) is 6.92 Å². The van der Waals surface area contributed by atoms with Crippen molar-refractivity contribution in [2.75, 3.05) is 13.2 Å². The molecule has 17 heavy (non-hydrogen) atoms. The summed E-state index contributed by atoms with van der Waals surface area (Å²) in [4.78, 5) is 15.7.